The van der Waals surface area contributed by atoms with Crippen LogP contribution in [0, 0.1) is 0 Å². The molecule has 0 saturated carbocycles. The standard InChI is InChI=1S/C20H36O4.2CH3.Sn/c1-3-5-7-9-11-13-15-17(19(21)22)18(20(23)24)16-14-12-10-8-6-4-2;;;/h3-16H2,1-2H3,(H,21,22)(H,23,24);2*1H3;/q;;;+2/p-2/b18-17-;;;. The Morgan fingerprint density at radius 1 is 0.593 bits per heavy atom. The first-order valence-corrected chi connectivity index (χ1v) is 16.4. The summed E-state index contributed by atoms with van der Waals surface area (Å²) in [5.74, 6) is -2.71. The Kier molecular flexibility index (Phi) is 23.1. The van der Waals surface area contributed by atoms with E-state index in [1.165, 1.54) is 12.8 Å². The molecular formula is C22H40O4Sn. The number of carboxylic acids is 2. The van der Waals surface area contributed by atoms with Gasteiger partial charge in [-0.25, -0.2) is 0 Å². The van der Waals surface area contributed by atoms with Crippen LogP contribution in [0.4, 0.5) is 0 Å². The fourth-order valence-electron chi connectivity index (χ4n) is 2.92. The summed E-state index contributed by atoms with van der Waals surface area (Å²) in [5.41, 5.74) is -0.113. The van der Waals surface area contributed by atoms with Gasteiger partial charge in [-0.3, -0.25) is 0 Å². The van der Waals surface area contributed by atoms with Crippen molar-refractivity contribution < 1.29 is 19.8 Å². The van der Waals surface area contributed by atoms with Crippen molar-refractivity contribution in [2.75, 3.05) is 0 Å². The van der Waals surface area contributed by atoms with Crippen LogP contribution in [0.1, 0.15) is 104 Å². The van der Waals surface area contributed by atoms with E-state index in [1.807, 2.05) is 0 Å². The molecular weight excluding hydrogens is 447 g/mol. The van der Waals surface area contributed by atoms with Crippen LogP contribution >= 0.6 is 0 Å². The van der Waals surface area contributed by atoms with E-state index in [9.17, 15) is 19.8 Å². The normalized spacial score (nSPS) is 11.1. The van der Waals surface area contributed by atoms with Crippen molar-refractivity contribution in [2.45, 2.75) is 114 Å². The molecule has 5 heteroatoms. The first-order valence-electron chi connectivity index (χ1n) is 10.7. The van der Waals surface area contributed by atoms with Gasteiger partial charge in [0.1, 0.15) is 0 Å². The van der Waals surface area contributed by atoms with Gasteiger partial charge in [-0.1, -0.05) is 78.1 Å². The Morgan fingerprint density at radius 2 is 0.852 bits per heavy atom. The quantitative estimate of drug-likeness (QED) is 0.187. The Labute approximate surface area is 177 Å². The fourth-order valence-corrected chi connectivity index (χ4v) is 2.92. The van der Waals surface area contributed by atoms with Crippen molar-refractivity contribution in [3.63, 3.8) is 0 Å². The predicted octanol–water partition coefficient (Wildman–Crippen LogP) is 4.07. The van der Waals surface area contributed by atoms with Gasteiger partial charge in [0.2, 0.25) is 0 Å². The zero-order valence-electron chi connectivity index (χ0n) is 18.0. The molecule has 0 rings (SSSR count). The summed E-state index contributed by atoms with van der Waals surface area (Å²) in [7, 11) is 0. The minimum atomic E-state index is -1.35. The van der Waals surface area contributed by atoms with Crippen LogP contribution in [0.25, 0.3) is 0 Å². The van der Waals surface area contributed by atoms with E-state index < -0.39 is 11.9 Å². The van der Waals surface area contributed by atoms with Crippen LogP contribution in [0.15, 0.2) is 11.1 Å². The molecule has 0 bridgehead atoms. The molecule has 0 aromatic heterocycles. The molecule has 0 spiro atoms. The van der Waals surface area contributed by atoms with Gasteiger partial charge < -0.3 is 19.8 Å². The second kappa shape index (κ2) is 21.8. The number of carboxylic acid groups (broad SMARTS) is 2. The molecule has 0 fully saturated rings. The number of aliphatic carboxylic acids is 2. The molecule has 0 aliphatic heterocycles. The van der Waals surface area contributed by atoms with E-state index in [-0.39, 0.29) is 45.1 Å². The van der Waals surface area contributed by atoms with Gasteiger partial charge in [0.15, 0.2) is 0 Å². The summed E-state index contributed by atoms with van der Waals surface area (Å²) in [6.07, 6.45) is 12.9. The molecule has 27 heavy (non-hydrogen) atoms. The molecule has 0 radical (unpaired) electrons. The maximum absolute atomic E-state index is 11.3. The second-order valence-corrected chi connectivity index (χ2v) is 9.92. The van der Waals surface area contributed by atoms with Gasteiger partial charge in [-0.15, -0.1) is 0 Å². The van der Waals surface area contributed by atoms with Crippen molar-refractivity contribution >= 4 is 33.1 Å². The summed E-state index contributed by atoms with van der Waals surface area (Å²) >= 11 is 0.230. The second-order valence-electron chi connectivity index (χ2n) is 7.07. The monoisotopic (exact) mass is 488 g/mol. The molecule has 4 nitrogen and oxygen atoms in total. The number of hydrogen-bond donors (Lipinski definition) is 0. The SMILES string of the molecule is CCCCCCCC/C(C(=O)[O-])=C(\CCCCCCCC)C(=O)[O-].[CH3][Sn+2][CH3]. The number of carbonyl (C=O) groups excluding carboxylic acids is 2. The van der Waals surface area contributed by atoms with E-state index in [2.05, 4.69) is 23.7 Å². The van der Waals surface area contributed by atoms with Crippen LogP contribution in [0.5, 0.6) is 0 Å². The molecule has 0 heterocycles. The maximum atomic E-state index is 11.3. The van der Waals surface area contributed by atoms with E-state index in [4.69, 9.17) is 0 Å². The van der Waals surface area contributed by atoms with Crippen molar-refractivity contribution in [2.24, 2.45) is 0 Å². The average Bonchev–Trinajstić information content (AvgIpc) is 2.61. The summed E-state index contributed by atoms with van der Waals surface area (Å²) in [6, 6.07) is 0. The third-order valence-electron chi connectivity index (χ3n) is 4.42. The van der Waals surface area contributed by atoms with E-state index >= 15 is 0 Å². The molecule has 0 aliphatic rings. The molecule has 0 unspecified atom stereocenters. The average molecular weight is 487 g/mol. The molecule has 0 saturated heterocycles. The predicted molar refractivity (Wildman–Crippen MR) is 111 cm³/mol. The zero-order chi connectivity index (χ0) is 20.9. The summed E-state index contributed by atoms with van der Waals surface area (Å²) in [5, 5.41) is 22.7. The number of hydrogen-bond acceptors (Lipinski definition) is 4. The van der Waals surface area contributed by atoms with Crippen molar-refractivity contribution in [1.82, 2.24) is 0 Å². The third-order valence-corrected chi connectivity index (χ3v) is 4.42. The van der Waals surface area contributed by atoms with Crippen molar-refractivity contribution in [1.29, 1.82) is 0 Å². The fraction of sp³-hybridized carbons (Fsp3) is 0.818. The van der Waals surface area contributed by atoms with E-state index in [0.29, 0.717) is 12.8 Å². The van der Waals surface area contributed by atoms with Gasteiger partial charge in [-0.05, 0) is 36.8 Å². The van der Waals surface area contributed by atoms with Crippen LogP contribution in [-0.4, -0.2) is 33.1 Å². The molecule has 0 atom stereocenters. The topological polar surface area (TPSA) is 80.3 Å². The van der Waals surface area contributed by atoms with Gasteiger partial charge in [0.25, 0.3) is 0 Å². The molecule has 0 aromatic carbocycles. The van der Waals surface area contributed by atoms with Crippen molar-refractivity contribution in [3.8, 4) is 0 Å². The molecule has 0 N–H and O–H groups in total. The van der Waals surface area contributed by atoms with Gasteiger partial charge in [0, 0.05) is 0 Å². The molecule has 0 aromatic rings. The Balaban J connectivity index is 0. The van der Waals surface area contributed by atoms with Gasteiger partial charge >= 0.3 is 31.0 Å². The van der Waals surface area contributed by atoms with Crippen LogP contribution in [-0.2, 0) is 9.59 Å². The van der Waals surface area contributed by atoms with Crippen LogP contribution < -0.4 is 10.2 Å². The molecule has 0 aliphatic carbocycles. The van der Waals surface area contributed by atoms with E-state index in [1.54, 1.807) is 0 Å². The summed E-state index contributed by atoms with van der Waals surface area (Å²) in [4.78, 5) is 27.2. The van der Waals surface area contributed by atoms with Crippen LogP contribution in [0.2, 0.25) is 9.88 Å². The number of rotatable bonds is 16. The Hall–Kier alpha value is -0.521. The Morgan fingerprint density at radius 3 is 1.11 bits per heavy atom. The first kappa shape index (κ1) is 28.7. The number of unbranched alkanes of at least 4 members (excludes halogenated alkanes) is 10. The summed E-state index contributed by atoms with van der Waals surface area (Å²) < 4.78 is 0. The zero-order valence-corrected chi connectivity index (χ0v) is 20.9. The Bertz CT molecular complexity index is 369. The first-order chi connectivity index (χ1) is 13.0. The van der Waals surface area contributed by atoms with Gasteiger partial charge in [0.05, 0.1) is 11.9 Å². The van der Waals surface area contributed by atoms with E-state index in [0.717, 1.165) is 51.4 Å². The van der Waals surface area contributed by atoms with Gasteiger partial charge in [-0.2, -0.15) is 0 Å². The molecule has 0 amide bonds. The van der Waals surface area contributed by atoms with Crippen LogP contribution in [0.3, 0.4) is 0 Å². The number of carbonyl (C=O) groups is 2. The van der Waals surface area contributed by atoms with Crippen molar-refractivity contribution in [3.05, 3.63) is 11.1 Å². The minimum absolute atomic E-state index is 0.0564. The summed E-state index contributed by atoms with van der Waals surface area (Å²) in [6.45, 7) is 4.29. The molecule has 156 valence electrons. The third kappa shape index (κ3) is 18.6.